The Bertz CT molecular complexity index is 768. The first-order valence-corrected chi connectivity index (χ1v) is 8.34. The van der Waals surface area contributed by atoms with E-state index in [9.17, 15) is 13.2 Å². The van der Waals surface area contributed by atoms with Gasteiger partial charge in [0.05, 0.1) is 4.90 Å². The van der Waals surface area contributed by atoms with Gasteiger partial charge in [-0.05, 0) is 42.8 Å². The minimum absolute atomic E-state index is 0.157. The Morgan fingerprint density at radius 1 is 0.952 bits per heavy atom. The van der Waals surface area contributed by atoms with E-state index in [-0.39, 0.29) is 10.7 Å². The standard InChI is InChI=1S/C17H16O3S/c1-13-3-5-14(6-4-13)7-12-17(18)15-8-10-16(11-9-15)21(2,19)20/h3-12H,1-2H3/b12-7+. The Morgan fingerprint density at radius 2 is 1.52 bits per heavy atom. The van der Waals surface area contributed by atoms with Gasteiger partial charge in [0, 0.05) is 11.8 Å². The lowest BCUT2D eigenvalue weighted by Crippen LogP contribution is -1.99. The van der Waals surface area contributed by atoms with E-state index in [0.29, 0.717) is 5.56 Å². The number of allylic oxidation sites excluding steroid dienone is 1. The third kappa shape index (κ3) is 4.13. The topological polar surface area (TPSA) is 51.2 Å². The molecule has 0 saturated heterocycles. The van der Waals surface area contributed by atoms with Crippen LogP contribution in [-0.4, -0.2) is 20.5 Å². The van der Waals surface area contributed by atoms with Crippen molar-refractivity contribution in [2.75, 3.05) is 6.26 Å². The number of carbonyl (C=O) groups excluding carboxylic acids is 1. The lowest BCUT2D eigenvalue weighted by atomic mass is 10.1. The van der Waals surface area contributed by atoms with Crippen molar-refractivity contribution < 1.29 is 13.2 Å². The van der Waals surface area contributed by atoms with Crippen molar-refractivity contribution in [2.45, 2.75) is 11.8 Å². The van der Waals surface area contributed by atoms with Crippen molar-refractivity contribution in [1.29, 1.82) is 0 Å². The van der Waals surface area contributed by atoms with Crippen molar-refractivity contribution in [2.24, 2.45) is 0 Å². The SMILES string of the molecule is Cc1ccc(/C=C/C(=O)c2ccc(S(C)(=O)=O)cc2)cc1. The maximum absolute atomic E-state index is 12.0. The van der Waals surface area contributed by atoms with E-state index in [1.54, 1.807) is 6.08 Å². The molecule has 0 N–H and O–H groups in total. The molecular formula is C17H16O3S. The molecule has 4 heteroatoms. The van der Waals surface area contributed by atoms with Gasteiger partial charge in [0.25, 0.3) is 0 Å². The average molecular weight is 300 g/mol. The van der Waals surface area contributed by atoms with E-state index in [1.165, 1.54) is 30.3 Å². The van der Waals surface area contributed by atoms with Crippen LogP contribution in [-0.2, 0) is 9.84 Å². The van der Waals surface area contributed by atoms with Crippen LogP contribution in [0.1, 0.15) is 21.5 Å². The fourth-order valence-corrected chi connectivity index (χ4v) is 2.44. The smallest absolute Gasteiger partial charge is 0.185 e. The largest absolute Gasteiger partial charge is 0.289 e. The number of aryl methyl sites for hydroxylation is 1. The molecule has 0 bridgehead atoms. The molecule has 2 aromatic rings. The molecule has 0 spiro atoms. The molecule has 0 amide bonds. The second-order valence-electron chi connectivity index (χ2n) is 4.90. The summed E-state index contributed by atoms with van der Waals surface area (Å²) in [6.45, 7) is 2.00. The molecule has 0 saturated carbocycles. The second kappa shape index (κ2) is 6.06. The number of sulfone groups is 1. The Hall–Kier alpha value is -2.20. The molecule has 0 aliphatic carbocycles. The second-order valence-corrected chi connectivity index (χ2v) is 6.92. The predicted octanol–water partition coefficient (Wildman–Crippen LogP) is 3.29. The van der Waals surface area contributed by atoms with E-state index in [1.807, 2.05) is 31.2 Å². The zero-order valence-electron chi connectivity index (χ0n) is 11.9. The third-order valence-corrected chi connectivity index (χ3v) is 4.20. The highest BCUT2D eigenvalue weighted by atomic mass is 32.2. The zero-order chi connectivity index (χ0) is 15.5. The fourth-order valence-electron chi connectivity index (χ4n) is 1.81. The van der Waals surface area contributed by atoms with Gasteiger partial charge in [-0.2, -0.15) is 0 Å². The maximum atomic E-state index is 12.0. The number of hydrogen-bond acceptors (Lipinski definition) is 3. The molecule has 0 aliphatic rings. The molecule has 0 aliphatic heterocycles. The highest BCUT2D eigenvalue weighted by Gasteiger charge is 2.08. The predicted molar refractivity (Wildman–Crippen MR) is 84.1 cm³/mol. The molecule has 0 radical (unpaired) electrons. The van der Waals surface area contributed by atoms with Gasteiger partial charge in [-0.3, -0.25) is 4.79 Å². The molecule has 0 heterocycles. The van der Waals surface area contributed by atoms with Crippen LogP contribution in [0.15, 0.2) is 59.5 Å². The third-order valence-electron chi connectivity index (χ3n) is 3.07. The Labute approximate surface area is 124 Å². The molecule has 21 heavy (non-hydrogen) atoms. The van der Waals surface area contributed by atoms with Crippen LogP contribution in [0.4, 0.5) is 0 Å². The molecule has 0 atom stereocenters. The van der Waals surface area contributed by atoms with Gasteiger partial charge in [-0.15, -0.1) is 0 Å². The molecule has 2 aromatic carbocycles. The van der Waals surface area contributed by atoms with Gasteiger partial charge < -0.3 is 0 Å². The van der Waals surface area contributed by atoms with Gasteiger partial charge in [-0.25, -0.2) is 8.42 Å². The first kappa shape index (κ1) is 15.2. The van der Waals surface area contributed by atoms with E-state index < -0.39 is 9.84 Å². The summed E-state index contributed by atoms with van der Waals surface area (Å²) < 4.78 is 22.7. The number of rotatable bonds is 4. The Balaban J connectivity index is 2.15. The molecule has 0 aromatic heterocycles. The van der Waals surface area contributed by atoms with E-state index >= 15 is 0 Å². The van der Waals surface area contributed by atoms with Crippen LogP contribution in [0.2, 0.25) is 0 Å². The van der Waals surface area contributed by atoms with Crippen LogP contribution in [0.5, 0.6) is 0 Å². The number of carbonyl (C=O) groups is 1. The average Bonchev–Trinajstić information content (AvgIpc) is 2.45. The summed E-state index contributed by atoms with van der Waals surface area (Å²) in [4.78, 5) is 12.2. The summed E-state index contributed by atoms with van der Waals surface area (Å²) in [5.74, 6) is -0.157. The molecule has 3 nitrogen and oxygen atoms in total. The van der Waals surface area contributed by atoms with E-state index in [0.717, 1.165) is 17.4 Å². The van der Waals surface area contributed by atoms with Crippen LogP contribution < -0.4 is 0 Å². The van der Waals surface area contributed by atoms with Crippen molar-refractivity contribution in [3.05, 3.63) is 71.3 Å². The monoisotopic (exact) mass is 300 g/mol. The van der Waals surface area contributed by atoms with Crippen LogP contribution in [0.25, 0.3) is 6.08 Å². The first-order chi connectivity index (χ1) is 9.86. The lowest BCUT2D eigenvalue weighted by Gasteiger charge is -2.00. The minimum atomic E-state index is -3.23. The van der Waals surface area contributed by atoms with E-state index in [4.69, 9.17) is 0 Å². The minimum Gasteiger partial charge on any atom is -0.289 e. The van der Waals surface area contributed by atoms with Crippen molar-refractivity contribution in [1.82, 2.24) is 0 Å². The molecule has 0 fully saturated rings. The Morgan fingerprint density at radius 3 is 2.05 bits per heavy atom. The summed E-state index contributed by atoms with van der Waals surface area (Å²) in [5.41, 5.74) is 2.57. The van der Waals surface area contributed by atoms with Gasteiger partial charge in [0.15, 0.2) is 15.6 Å². The van der Waals surface area contributed by atoms with Crippen molar-refractivity contribution in [3.63, 3.8) is 0 Å². The van der Waals surface area contributed by atoms with Gasteiger partial charge in [0.1, 0.15) is 0 Å². The van der Waals surface area contributed by atoms with Gasteiger partial charge in [-0.1, -0.05) is 35.9 Å². The number of benzene rings is 2. The first-order valence-electron chi connectivity index (χ1n) is 6.45. The summed E-state index contributed by atoms with van der Waals surface area (Å²) in [7, 11) is -3.23. The number of ketones is 1. The molecular weight excluding hydrogens is 284 g/mol. The van der Waals surface area contributed by atoms with Gasteiger partial charge in [0.2, 0.25) is 0 Å². The zero-order valence-corrected chi connectivity index (χ0v) is 12.7. The van der Waals surface area contributed by atoms with E-state index in [2.05, 4.69) is 0 Å². The molecule has 108 valence electrons. The molecule has 2 rings (SSSR count). The van der Waals surface area contributed by atoms with Crippen LogP contribution in [0.3, 0.4) is 0 Å². The molecule has 0 unspecified atom stereocenters. The highest BCUT2D eigenvalue weighted by molar-refractivity contribution is 7.90. The summed E-state index contributed by atoms with van der Waals surface area (Å²) in [6.07, 6.45) is 4.37. The highest BCUT2D eigenvalue weighted by Crippen LogP contribution is 2.12. The van der Waals surface area contributed by atoms with Crippen molar-refractivity contribution in [3.8, 4) is 0 Å². The van der Waals surface area contributed by atoms with Crippen LogP contribution >= 0.6 is 0 Å². The summed E-state index contributed by atoms with van der Waals surface area (Å²) >= 11 is 0. The summed E-state index contributed by atoms with van der Waals surface area (Å²) in [6, 6.07) is 13.8. The van der Waals surface area contributed by atoms with Crippen LogP contribution in [0, 0.1) is 6.92 Å². The quantitative estimate of drug-likeness (QED) is 0.643. The normalized spacial score (nSPS) is 11.7. The van der Waals surface area contributed by atoms with Gasteiger partial charge >= 0.3 is 0 Å². The Kier molecular flexibility index (Phi) is 4.38. The lowest BCUT2D eigenvalue weighted by molar-refractivity contribution is 0.104. The maximum Gasteiger partial charge on any atom is 0.185 e. The van der Waals surface area contributed by atoms with Crippen molar-refractivity contribution >= 4 is 21.7 Å². The fraction of sp³-hybridized carbons (Fsp3) is 0.118. The summed E-state index contributed by atoms with van der Waals surface area (Å²) in [5, 5.41) is 0. The number of hydrogen-bond donors (Lipinski definition) is 0.